The van der Waals surface area contributed by atoms with Crippen molar-refractivity contribution in [3.63, 3.8) is 0 Å². The molecule has 0 aliphatic carbocycles. The number of hydrogen-bond acceptors (Lipinski definition) is 6. The first kappa shape index (κ1) is 17.8. The molecule has 0 radical (unpaired) electrons. The summed E-state index contributed by atoms with van der Waals surface area (Å²) in [5.74, 6) is 0.954. The molecular formula is C20H27N7O. The van der Waals surface area contributed by atoms with E-state index in [-0.39, 0.29) is 6.04 Å². The van der Waals surface area contributed by atoms with Gasteiger partial charge in [-0.1, -0.05) is 24.3 Å². The average molecular weight is 381 g/mol. The summed E-state index contributed by atoms with van der Waals surface area (Å²) in [6, 6.07) is 8.68. The molecule has 2 atom stereocenters. The molecule has 1 aromatic carbocycles. The van der Waals surface area contributed by atoms with Crippen LogP contribution in [0.1, 0.15) is 24.8 Å². The first-order valence-electron chi connectivity index (χ1n) is 10.4. The van der Waals surface area contributed by atoms with Crippen molar-refractivity contribution in [2.24, 2.45) is 0 Å². The molecule has 2 aromatic rings. The molecule has 6 rings (SSSR count). The van der Waals surface area contributed by atoms with Gasteiger partial charge in [0, 0.05) is 50.9 Å². The number of nitrogens with one attached hydrogen (secondary N) is 1. The van der Waals surface area contributed by atoms with Crippen LogP contribution in [-0.4, -0.2) is 92.6 Å². The van der Waals surface area contributed by atoms with Gasteiger partial charge in [0.2, 0.25) is 11.7 Å². The highest BCUT2D eigenvalue weighted by Crippen LogP contribution is 2.25. The SMILES string of the molecule is O=C(C1CN2CCN1CC2)N1CCCCC1Cc1ccc(-c2nn[nH]n2)cc1. The summed E-state index contributed by atoms with van der Waals surface area (Å²) >= 11 is 0. The zero-order valence-corrected chi connectivity index (χ0v) is 16.1. The molecule has 1 aromatic heterocycles. The lowest BCUT2D eigenvalue weighted by molar-refractivity contribution is -0.146. The van der Waals surface area contributed by atoms with Gasteiger partial charge in [-0.25, -0.2) is 0 Å². The normalized spacial score (nSPS) is 29.8. The highest BCUT2D eigenvalue weighted by molar-refractivity contribution is 5.83. The average Bonchev–Trinajstić information content (AvgIpc) is 3.30. The third-order valence-electron chi connectivity index (χ3n) is 6.50. The van der Waals surface area contributed by atoms with Crippen LogP contribution in [0.15, 0.2) is 24.3 Å². The topological polar surface area (TPSA) is 81.3 Å². The van der Waals surface area contributed by atoms with Gasteiger partial charge in [0.15, 0.2) is 0 Å². The van der Waals surface area contributed by atoms with Crippen molar-refractivity contribution in [3.05, 3.63) is 29.8 Å². The number of rotatable bonds is 4. The molecule has 8 nitrogen and oxygen atoms in total. The van der Waals surface area contributed by atoms with Crippen molar-refractivity contribution in [2.75, 3.05) is 39.3 Å². The zero-order valence-electron chi connectivity index (χ0n) is 16.1. The highest BCUT2D eigenvalue weighted by Gasteiger charge is 2.40. The first-order valence-corrected chi connectivity index (χ1v) is 10.4. The zero-order chi connectivity index (χ0) is 18.9. The summed E-state index contributed by atoms with van der Waals surface area (Å²) in [5.41, 5.74) is 2.21. The Kier molecular flexibility index (Phi) is 4.82. The number of nitrogens with zero attached hydrogens (tertiary/aromatic N) is 6. The summed E-state index contributed by atoms with van der Waals surface area (Å²) in [6.45, 7) is 6.09. The molecule has 4 aliphatic heterocycles. The van der Waals surface area contributed by atoms with E-state index in [1.165, 1.54) is 12.0 Å². The van der Waals surface area contributed by atoms with Crippen LogP contribution in [0.4, 0.5) is 0 Å². The quantitative estimate of drug-likeness (QED) is 0.843. The predicted octanol–water partition coefficient (Wildman–Crippen LogP) is 0.790. The van der Waals surface area contributed by atoms with Gasteiger partial charge in [-0.2, -0.15) is 5.21 Å². The number of amides is 1. The maximum Gasteiger partial charge on any atom is 0.241 e. The summed E-state index contributed by atoms with van der Waals surface area (Å²) in [7, 11) is 0. The lowest BCUT2D eigenvalue weighted by atomic mass is 9.93. The van der Waals surface area contributed by atoms with Crippen LogP contribution in [0.5, 0.6) is 0 Å². The van der Waals surface area contributed by atoms with E-state index in [0.717, 1.165) is 64.1 Å². The van der Waals surface area contributed by atoms with E-state index in [9.17, 15) is 4.79 Å². The number of likely N-dealkylation sites (tertiary alicyclic amines) is 1. The summed E-state index contributed by atoms with van der Waals surface area (Å²) < 4.78 is 0. The van der Waals surface area contributed by atoms with Crippen LogP contribution in [-0.2, 0) is 11.2 Å². The summed E-state index contributed by atoms with van der Waals surface area (Å²) in [4.78, 5) is 20.4. The number of hydrogen-bond donors (Lipinski definition) is 1. The Morgan fingerprint density at radius 2 is 1.89 bits per heavy atom. The van der Waals surface area contributed by atoms with Crippen molar-refractivity contribution in [1.82, 2.24) is 35.3 Å². The van der Waals surface area contributed by atoms with Crippen LogP contribution < -0.4 is 0 Å². The molecule has 1 amide bonds. The van der Waals surface area contributed by atoms with Crippen molar-refractivity contribution >= 4 is 5.91 Å². The second-order valence-corrected chi connectivity index (χ2v) is 8.17. The Morgan fingerprint density at radius 3 is 2.57 bits per heavy atom. The van der Waals surface area contributed by atoms with Crippen LogP contribution in [0, 0.1) is 0 Å². The molecule has 4 fully saturated rings. The minimum Gasteiger partial charge on any atom is -0.338 e. The maximum absolute atomic E-state index is 13.4. The lowest BCUT2D eigenvalue weighted by Gasteiger charge is -2.49. The molecule has 148 valence electrons. The highest BCUT2D eigenvalue weighted by atomic mass is 16.2. The fraction of sp³-hybridized carbons (Fsp3) is 0.600. The maximum atomic E-state index is 13.4. The summed E-state index contributed by atoms with van der Waals surface area (Å²) in [5, 5.41) is 14.2. The molecule has 5 heterocycles. The fourth-order valence-electron chi connectivity index (χ4n) is 4.89. The monoisotopic (exact) mass is 381 g/mol. The number of benzene rings is 1. The van der Waals surface area contributed by atoms with Gasteiger partial charge in [0.1, 0.15) is 6.04 Å². The third-order valence-corrected chi connectivity index (χ3v) is 6.50. The van der Waals surface area contributed by atoms with Crippen molar-refractivity contribution in [2.45, 2.75) is 37.8 Å². The first-order chi connectivity index (χ1) is 13.8. The Hall–Kier alpha value is -2.32. The van der Waals surface area contributed by atoms with Gasteiger partial charge in [0.25, 0.3) is 0 Å². The number of tetrazole rings is 1. The standard InChI is InChI=1S/C20H27N7O/c28-20(18-14-25-9-11-26(18)12-10-25)27-8-2-1-3-17(27)13-15-4-6-16(7-5-15)19-21-23-24-22-19/h4-7,17-18H,1-3,8-14H2,(H,21,22,23,24). The number of piperazine rings is 3. The van der Waals surface area contributed by atoms with Crippen LogP contribution in [0.2, 0.25) is 0 Å². The molecule has 2 bridgehead atoms. The molecule has 4 aliphatic rings. The summed E-state index contributed by atoms with van der Waals surface area (Å²) in [6.07, 6.45) is 4.33. The van der Waals surface area contributed by atoms with Gasteiger partial charge in [-0.05, 0) is 36.5 Å². The van der Waals surface area contributed by atoms with E-state index in [4.69, 9.17) is 0 Å². The van der Waals surface area contributed by atoms with Gasteiger partial charge < -0.3 is 4.90 Å². The Balaban J connectivity index is 1.28. The van der Waals surface area contributed by atoms with E-state index >= 15 is 0 Å². The lowest BCUT2D eigenvalue weighted by Crippen LogP contribution is -2.66. The Morgan fingerprint density at radius 1 is 1.07 bits per heavy atom. The van der Waals surface area contributed by atoms with Crippen LogP contribution >= 0.6 is 0 Å². The fourth-order valence-corrected chi connectivity index (χ4v) is 4.89. The minimum absolute atomic E-state index is 0.0590. The second kappa shape index (κ2) is 7.60. The number of fused-ring (bicyclic) bond motifs is 3. The van der Waals surface area contributed by atoms with Gasteiger partial charge >= 0.3 is 0 Å². The van der Waals surface area contributed by atoms with Gasteiger partial charge in [0.05, 0.1) is 0 Å². The Bertz CT molecular complexity index is 798. The third kappa shape index (κ3) is 3.42. The number of H-pyrrole nitrogens is 1. The molecule has 4 saturated heterocycles. The van der Waals surface area contributed by atoms with E-state index in [2.05, 4.69) is 47.5 Å². The van der Waals surface area contributed by atoms with Crippen molar-refractivity contribution in [3.8, 4) is 11.4 Å². The van der Waals surface area contributed by atoms with E-state index in [1.54, 1.807) is 0 Å². The molecule has 1 N–H and O–H groups in total. The van der Waals surface area contributed by atoms with E-state index in [1.807, 2.05) is 12.1 Å². The van der Waals surface area contributed by atoms with E-state index in [0.29, 0.717) is 17.8 Å². The van der Waals surface area contributed by atoms with Gasteiger partial charge in [-0.15, -0.1) is 10.2 Å². The smallest absolute Gasteiger partial charge is 0.241 e. The van der Waals surface area contributed by atoms with E-state index < -0.39 is 0 Å². The van der Waals surface area contributed by atoms with Crippen molar-refractivity contribution < 1.29 is 4.79 Å². The molecular weight excluding hydrogens is 354 g/mol. The number of carbonyl (C=O) groups is 1. The molecule has 8 heteroatoms. The number of carbonyl (C=O) groups excluding carboxylic acids is 1. The number of piperidine rings is 1. The molecule has 0 spiro atoms. The number of aromatic nitrogens is 4. The Labute approximate surface area is 164 Å². The molecule has 0 saturated carbocycles. The van der Waals surface area contributed by atoms with Gasteiger partial charge in [-0.3, -0.25) is 14.6 Å². The number of aromatic amines is 1. The van der Waals surface area contributed by atoms with Crippen LogP contribution in [0.25, 0.3) is 11.4 Å². The molecule has 2 unspecified atom stereocenters. The van der Waals surface area contributed by atoms with Crippen molar-refractivity contribution in [1.29, 1.82) is 0 Å². The largest absolute Gasteiger partial charge is 0.338 e. The van der Waals surface area contributed by atoms with Crippen LogP contribution in [0.3, 0.4) is 0 Å². The predicted molar refractivity (Wildman–Crippen MR) is 104 cm³/mol. The molecule has 28 heavy (non-hydrogen) atoms. The minimum atomic E-state index is 0.0590. The second-order valence-electron chi connectivity index (χ2n) is 8.17.